The van der Waals surface area contributed by atoms with E-state index < -0.39 is 6.03 Å². The van der Waals surface area contributed by atoms with Crippen molar-refractivity contribution in [3.8, 4) is 11.5 Å². The topological polar surface area (TPSA) is 94.5 Å². The van der Waals surface area contributed by atoms with Gasteiger partial charge in [0.15, 0.2) is 5.13 Å². The molecule has 0 aliphatic carbocycles. The number of carbonyl (C=O) groups excluding carboxylic acids is 1. The third-order valence-corrected chi connectivity index (χ3v) is 2.88. The van der Waals surface area contributed by atoms with Gasteiger partial charge in [-0.25, -0.2) is 9.78 Å². The van der Waals surface area contributed by atoms with Crippen LogP contribution in [0.5, 0.6) is 11.5 Å². The summed E-state index contributed by atoms with van der Waals surface area (Å²) in [7, 11) is 0. The van der Waals surface area contributed by atoms with Crippen molar-refractivity contribution in [2.75, 3.05) is 10.6 Å². The van der Waals surface area contributed by atoms with Gasteiger partial charge in [0.25, 0.3) is 0 Å². The van der Waals surface area contributed by atoms with Crippen LogP contribution in [0.2, 0.25) is 0 Å². The Kier molecular flexibility index (Phi) is 3.33. The summed E-state index contributed by atoms with van der Waals surface area (Å²) in [6.07, 6.45) is 0. The summed E-state index contributed by atoms with van der Waals surface area (Å²) in [4.78, 5) is 15.7. The highest BCUT2D eigenvalue weighted by molar-refractivity contribution is 7.13. The summed E-state index contributed by atoms with van der Waals surface area (Å²) < 4.78 is 0. The molecule has 6 nitrogen and oxygen atoms in total. The van der Waals surface area contributed by atoms with Gasteiger partial charge < -0.3 is 15.5 Å². The number of aryl methyl sites for hydroxylation is 1. The number of anilines is 2. The Morgan fingerprint density at radius 1 is 1.22 bits per heavy atom. The van der Waals surface area contributed by atoms with Crippen molar-refractivity contribution in [3.63, 3.8) is 0 Å². The van der Waals surface area contributed by atoms with Crippen LogP contribution in [0.25, 0.3) is 0 Å². The first-order valence-electron chi connectivity index (χ1n) is 5.06. The molecule has 1 aromatic heterocycles. The molecule has 0 aliphatic heterocycles. The normalized spacial score (nSPS) is 10.1. The Morgan fingerprint density at radius 3 is 2.44 bits per heavy atom. The number of phenols is 2. The second-order valence-electron chi connectivity index (χ2n) is 3.61. The molecule has 0 saturated heterocycles. The summed E-state index contributed by atoms with van der Waals surface area (Å²) >= 11 is 1.31. The maximum atomic E-state index is 11.6. The highest BCUT2D eigenvalue weighted by Gasteiger charge is 2.06. The number of phenolic OH excluding ortho intramolecular Hbond substituents is 2. The Morgan fingerprint density at radius 2 is 1.89 bits per heavy atom. The van der Waals surface area contributed by atoms with E-state index in [1.54, 1.807) is 0 Å². The van der Waals surface area contributed by atoms with Gasteiger partial charge in [-0.15, -0.1) is 11.3 Å². The lowest BCUT2D eigenvalue weighted by Gasteiger charge is -2.06. The third kappa shape index (κ3) is 3.11. The first-order valence-corrected chi connectivity index (χ1v) is 5.94. The molecule has 0 radical (unpaired) electrons. The molecule has 94 valence electrons. The fourth-order valence-electron chi connectivity index (χ4n) is 1.34. The van der Waals surface area contributed by atoms with Gasteiger partial charge in [0, 0.05) is 29.3 Å². The number of aromatic hydroxyl groups is 2. The minimum absolute atomic E-state index is 0.129. The molecule has 4 N–H and O–H groups in total. The number of aromatic nitrogens is 1. The lowest BCUT2D eigenvalue weighted by atomic mass is 10.3. The van der Waals surface area contributed by atoms with Crippen molar-refractivity contribution in [1.82, 2.24) is 4.98 Å². The van der Waals surface area contributed by atoms with E-state index in [1.165, 1.54) is 29.5 Å². The Hall–Kier alpha value is -2.28. The van der Waals surface area contributed by atoms with Crippen LogP contribution in [0.4, 0.5) is 15.6 Å². The second kappa shape index (κ2) is 4.92. The summed E-state index contributed by atoms with van der Waals surface area (Å²) in [6, 6.07) is 3.33. The van der Waals surface area contributed by atoms with E-state index in [1.807, 2.05) is 12.3 Å². The van der Waals surface area contributed by atoms with E-state index >= 15 is 0 Å². The molecule has 1 heterocycles. The summed E-state index contributed by atoms with van der Waals surface area (Å²) in [5, 5.41) is 25.8. The molecule has 0 saturated carbocycles. The summed E-state index contributed by atoms with van der Waals surface area (Å²) in [5.41, 5.74) is 1.11. The zero-order valence-electron chi connectivity index (χ0n) is 9.47. The van der Waals surface area contributed by atoms with E-state index in [0.29, 0.717) is 10.8 Å². The van der Waals surface area contributed by atoms with Crippen LogP contribution in [0.3, 0.4) is 0 Å². The summed E-state index contributed by atoms with van der Waals surface area (Å²) in [5.74, 6) is -0.259. The maximum Gasteiger partial charge on any atom is 0.325 e. The fourth-order valence-corrected chi connectivity index (χ4v) is 2.02. The Labute approximate surface area is 107 Å². The lowest BCUT2D eigenvalue weighted by molar-refractivity contribution is 0.262. The molecule has 1 aromatic carbocycles. The quantitative estimate of drug-likeness (QED) is 0.671. The zero-order valence-corrected chi connectivity index (χ0v) is 10.3. The molecule has 7 heteroatoms. The van der Waals surface area contributed by atoms with Crippen molar-refractivity contribution < 1.29 is 15.0 Å². The largest absolute Gasteiger partial charge is 0.508 e. The number of thiazole rings is 1. The molecule has 0 bridgehead atoms. The van der Waals surface area contributed by atoms with Gasteiger partial charge >= 0.3 is 6.03 Å². The Balaban J connectivity index is 2.02. The lowest BCUT2D eigenvalue weighted by Crippen LogP contribution is -2.19. The van der Waals surface area contributed by atoms with Gasteiger partial charge in [-0.1, -0.05) is 0 Å². The minimum Gasteiger partial charge on any atom is -0.508 e. The van der Waals surface area contributed by atoms with Crippen molar-refractivity contribution in [1.29, 1.82) is 0 Å². The number of benzene rings is 1. The highest BCUT2D eigenvalue weighted by Crippen LogP contribution is 2.24. The predicted molar refractivity (Wildman–Crippen MR) is 69.3 cm³/mol. The average Bonchev–Trinajstić information content (AvgIpc) is 2.61. The van der Waals surface area contributed by atoms with Crippen LogP contribution < -0.4 is 10.6 Å². The van der Waals surface area contributed by atoms with E-state index in [9.17, 15) is 15.0 Å². The molecule has 18 heavy (non-hydrogen) atoms. The summed E-state index contributed by atoms with van der Waals surface area (Å²) in [6.45, 7) is 1.83. The standard InChI is InChI=1S/C11H11N3O3S/c1-6-5-18-11(12-6)14-10(17)13-7-2-8(15)4-9(16)3-7/h2-5,15-16H,1H3,(H2,12,13,14,17). The van der Waals surface area contributed by atoms with E-state index in [-0.39, 0.29) is 11.5 Å². The smallest absolute Gasteiger partial charge is 0.325 e. The van der Waals surface area contributed by atoms with Gasteiger partial charge in [0.2, 0.25) is 0 Å². The number of hydrogen-bond acceptors (Lipinski definition) is 5. The van der Waals surface area contributed by atoms with Crippen molar-refractivity contribution in [3.05, 3.63) is 29.3 Å². The zero-order chi connectivity index (χ0) is 13.1. The SMILES string of the molecule is Cc1csc(NC(=O)Nc2cc(O)cc(O)c2)n1. The molecular formula is C11H11N3O3S. The molecule has 0 unspecified atom stereocenters. The van der Waals surface area contributed by atoms with E-state index in [0.717, 1.165) is 5.69 Å². The van der Waals surface area contributed by atoms with Crippen molar-refractivity contribution in [2.24, 2.45) is 0 Å². The van der Waals surface area contributed by atoms with Crippen LogP contribution in [-0.4, -0.2) is 21.2 Å². The van der Waals surface area contributed by atoms with Gasteiger partial charge in [-0.05, 0) is 6.92 Å². The number of hydrogen-bond donors (Lipinski definition) is 4. The molecule has 0 atom stereocenters. The van der Waals surface area contributed by atoms with Crippen LogP contribution >= 0.6 is 11.3 Å². The Bertz CT molecular complexity index is 562. The predicted octanol–water partition coefficient (Wildman–Crippen LogP) is 2.51. The average molecular weight is 265 g/mol. The molecular weight excluding hydrogens is 254 g/mol. The minimum atomic E-state index is -0.491. The van der Waals surface area contributed by atoms with E-state index in [4.69, 9.17) is 0 Å². The number of nitrogens with zero attached hydrogens (tertiary/aromatic N) is 1. The van der Waals surface area contributed by atoms with Crippen LogP contribution in [0, 0.1) is 6.92 Å². The van der Waals surface area contributed by atoms with Gasteiger partial charge in [0.1, 0.15) is 11.5 Å². The molecule has 2 amide bonds. The maximum absolute atomic E-state index is 11.6. The molecule has 2 aromatic rings. The number of amides is 2. The first-order chi connectivity index (χ1) is 8.52. The monoisotopic (exact) mass is 265 g/mol. The van der Waals surface area contributed by atoms with E-state index in [2.05, 4.69) is 15.6 Å². The highest BCUT2D eigenvalue weighted by atomic mass is 32.1. The molecule has 0 aliphatic rings. The third-order valence-electron chi connectivity index (χ3n) is 2.00. The molecule has 2 rings (SSSR count). The van der Waals surface area contributed by atoms with Gasteiger partial charge in [-0.2, -0.15) is 0 Å². The number of rotatable bonds is 2. The first kappa shape index (κ1) is 12.2. The molecule has 0 spiro atoms. The van der Waals surface area contributed by atoms with Crippen molar-refractivity contribution >= 4 is 28.2 Å². The molecule has 0 fully saturated rings. The van der Waals surface area contributed by atoms with Crippen LogP contribution in [-0.2, 0) is 0 Å². The second-order valence-corrected chi connectivity index (χ2v) is 4.47. The number of urea groups is 1. The van der Waals surface area contributed by atoms with Crippen molar-refractivity contribution in [2.45, 2.75) is 6.92 Å². The van der Waals surface area contributed by atoms with Gasteiger partial charge in [-0.3, -0.25) is 5.32 Å². The fraction of sp³-hybridized carbons (Fsp3) is 0.0909. The number of nitrogens with one attached hydrogen (secondary N) is 2. The van der Waals surface area contributed by atoms with Crippen LogP contribution in [0.15, 0.2) is 23.6 Å². The number of carbonyl (C=O) groups is 1. The van der Waals surface area contributed by atoms with Crippen LogP contribution in [0.1, 0.15) is 5.69 Å². The van der Waals surface area contributed by atoms with Gasteiger partial charge in [0.05, 0.1) is 5.69 Å².